The molecule has 2 fully saturated rings. The highest BCUT2D eigenvalue weighted by molar-refractivity contribution is 8.00. The summed E-state index contributed by atoms with van der Waals surface area (Å²) in [7, 11) is 0. The third kappa shape index (κ3) is 4.13. The third-order valence-electron chi connectivity index (χ3n) is 6.48. The van der Waals surface area contributed by atoms with Crippen LogP contribution in [-0.2, 0) is 11.2 Å². The minimum atomic E-state index is -0.927. The summed E-state index contributed by atoms with van der Waals surface area (Å²) in [6.07, 6.45) is 0.317. The fraction of sp³-hybridized carbons (Fsp3) is 0.375. The molecule has 3 heterocycles. The fourth-order valence-electron chi connectivity index (χ4n) is 4.80. The van der Waals surface area contributed by atoms with E-state index in [1.165, 1.54) is 4.90 Å². The van der Waals surface area contributed by atoms with E-state index in [9.17, 15) is 25.2 Å². The highest BCUT2D eigenvalue weighted by atomic mass is 32.2. The Kier molecular flexibility index (Phi) is 6.36. The molecule has 0 aliphatic carbocycles. The predicted molar refractivity (Wildman–Crippen MR) is 126 cm³/mol. The Morgan fingerprint density at radius 2 is 1.88 bits per heavy atom. The number of carbonyl (C=O) groups is 2. The zero-order valence-electron chi connectivity index (χ0n) is 18.7. The number of pyridine rings is 1. The lowest BCUT2D eigenvalue weighted by atomic mass is 9.79. The van der Waals surface area contributed by atoms with E-state index in [1.54, 1.807) is 12.1 Å². The van der Waals surface area contributed by atoms with E-state index < -0.39 is 17.3 Å². The first-order valence-electron chi connectivity index (χ1n) is 10.9. The number of nitriles is 2. The largest absolute Gasteiger partial charge is 0.465 e. The van der Waals surface area contributed by atoms with Gasteiger partial charge in [-0.1, -0.05) is 49.0 Å². The van der Waals surface area contributed by atoms with Gasteiger partial charge in [-0.2, -0.15) is 10.5 Å². The lowest BCUT2D eigenvalue weighted by molar-refractivity contribution is -0.117. The van der Waals surface area contributed by atoms with Crippen LogP contribution in [0.2, 0.25) is 0 Å². The molecule has 2 saturated heterocycles. The quantitative estimate of drug-likeness (QED) is 0.605. The lowest BCUT2D eigenvalue weighted by Gasteiger charge is -2.46. The van der Waals surface area contributed by atoms with Crippen molar-refractivity contribution >= 4 is 29.6 Å². The number of nitrogens with two attached hydrogens (primary N) is 1. The first kappa shape index (κ1) is 23.4. The van der Waals surface area contributed by atoms with Gasteiger partial charge >= 0.3 is 6.09 Å². The molecule has 3 N–H and O–H groups in total. The van der Waals surface area contributed by atoms with E-state index in [2.05, 4.69) is 12.1 Å². The van der Waals surface area contributed by atoms with Gasteiger partial charge in [-0.25, -0.2) is 9.78 Å². The van der Waals surface area contributed by atoms with E-state index in [-0.39, 0.29) is 11.0 Å². The molecule has 2 aliphatic rings. The van der Waals surface area contributed by atoms with Crippen molar-refractivity contribution in [1.82, 2.24) is 9.88 Å². The molecular formula is C24H24N6O3S. The number of amides is 2. The van der Waals surface area contributed by atoms with E-state index in [0.29, 0.717) is 60.1 Å². The smallest absolute Gasteiger partial charge is 0.407 e. The number of anilines is 1. The summed E-state index contributed by atoms with van der Waals surface area (Å²) in [5.74, 6) is -0.0722. The normalized spacial score (nSPS) is 17.0. The summed E-state index contributed by atoms with van der Waals surface area (Å²) in [4.78, 5) is 31.7. The second-order valence-corrected chi connectivity index (χ2v) is 9.76. The van der Waals surface area contributed by atoms with Crippen molar-refractivity contribution in [3.8, 4) is 12.1 Å². The third-order valence-corrected chi connectivity index (χ3v) is 7.74. The average molecular weight is 477 g/mol. The van der Waals surface area contributed by atoms with Gasteiger partial charge in [-0.15, -0.1) is 0 Å². The van der Waals surface area contributed by atoms with Crippen molar-refractivity contribution < 1.29 is 14.7 Å². The van der Waals surface area contributed by atoms with Crippen molar-refractivity contribution in [3.05, 3.63) is 52.6 Å². The van der Waals surface area contributed by atoms with E-state index in [0.717, 1.165) is 18.2 Å². The Balaban J connectivity index is 1.73. The first-order valence-corrected chi connectivity index (χ1v) is 11.8. The molecule has 9 nitrogen and oxygen atoms in total. The van der Waals surface area contributed by atoms with Gasteiger partial charge in [0.25, 0.3) is 0 Å². The number of primary amides is 1. The summed E-state index contributed by atoms with van der Waals surface area (Å²) >= 11 is 1.12. The number of nitrogens with zero attached hydrogens (tertiary/aromatic N) is 5. The second-order valence-electron chi connectivity index (χ2n) is 8.67. The number of rotatable bonds is 6. The molecule has 0 bridgehead atoms. The SMILES string of the molecule is CCc1c(C#N)c(SC(C(N)=O)c2ccccc2)nc(N2CCC3(CN(C(=O)O)C3)C2)c1C#N. The van der Waals surface area contributed by atoms with Crippen LogP contribution >= 0.6 is 11.8 Å². The molecule has 1 aromatic carbocycles. The van der Waals surface area contributed by atoms with Gasteiger partial charge in [-0.3, -0.25) is 4.79 Å². The number of carbonyl (C=O) groups excluding carboxylic acids is 1. The Morgan fingerprint density at radius 1 is 1.21 bits per heavy atom. The van der Waals surface area contributed by atoms with E-state index >= 15 is 0 Å². The Hall–Kier alpha value is -3.76. The number of likely N-dealkylation sites (tertiary alicyclic amines) is 1. The van der Waals surface area contributed by atoms with Crippen LogP contribution in [0.25, 0.3) is 0 Å². The maximum absolute atomic E-state index is 12.3. The minimum absolute atomic E-state index is 0.153. The number of hydrogen-bond acceptors (Lipinski definition) is 7. The standard InChI is InChI=1S/C24H24N6O3S/c1-2-16-17(10-25)21(29-9-8-24(12-29)13-30(14-24)23(32)33)28-22(18(16)11-26)34-19(20(27)31)15-6-4-3-5-7-15/h3-7,19H,2,8-9,12-14H2,1H3,(H2,27,31)(H,32,33). The highest BCUT2D eigenvalue weighted by Gasteiger charge is 2.50. The summed E-state index contributed by atoms with van der Waals surface area (Å²) in [6.45, 7) is 4.00. The molecule has 2 aromatic rings. The molecule has 2 amide bonds. The molecule has 2 aliphatic heterocycles. The molecule has 1 spiro atoms. The number of hydrogen-bond donors (Lipinski definition) is 2. The molecule has 34 heavy (non-hydrogen) atoms. The van der Waals surface area contributed by atoms with Crippen LogP contribution in [-0.4, -0.2) is 53.2 Å². The molecular weight excluding hydrogens is 452 g/mol. The van der Waals surface area contributed by atoms with Crippen molar-refractivity contribution in [2.24, 2.45) is 11.1 Å². The zero-order chi connectivity index (χ0) is 24.5. The van der Waals surface area contributed by atoms with Crippen LogP contribution in [0.3, 0.4) is 0 Å². The van der Waals surface area contributed by atoms with Gasteiger partial charge in [0, 0.05) is 31.6 Å². The summed E-state index contributed by atoms with van der Waals surface area (Å²) in [5.41, 5.74) is 7.49. The summed E-state index contributed by atoms with van der Waals surface area (Å²) < 4.78 is 0. The molecule has 0 saturated carbocycles. The Labute approximate surface area is 201 Å². The van der Waals surface area contributed by atoms with Crippen LogP contribution in [0.15, 0.2) is 35.4 Å². The van der Waals surface area contributed by atoms with Crippen molar-refractivity contribution in [2.45, 2.75) is 30.0 Å². The van der Waals surface area contributed by atoms with Gasteiger partial charge in [-0.05, 0) is 24.0 Å². The van der Waals surface area contributed by atoms with Crippen LogP contribution in [0, 0.1) is 28.1 Å². The van der Waals surface area contributed by atoms with Crippen molar-refractivity contribution in [2.75, 3.05) is 31.1 Å². The lowest BCUT2D eigenvalue weighted by Crippen LogP contribution is -2.59. The van der Waals surface area contributed by atoms with Crippen LogP contribution in [0.1, 0.15) is 40.8 Å². The first-order chi connectivity index (χ1) is 16.3. The number of thioether (sulfide) groups is 1. The van der Waals surface area contributed by atoms with Gasteiger partial charge in [0.15, 0.2) is 0 Å². The predicted octanol–water partition coefficient (Wildman–Crippen LogP) is 2.90. The van der Waals surface area contributed by atoms with E-state index in [4.69, 9.17) is 10.7 Å². The molecule has 4 rings (SSSR count). The molecule has 174 valence electrons. The maximum atomic E-state index is 12.3. The van der Waals surface area contributed by atoms with Crippen molar-refractivity contribution in [1.29, 1.82) is 10.5 Å². The minimum Gasteiger partial charge on any atom is -0.465 e. The Bertz CT molecular complexity index is 1210. The van der Waals surface area contributed by atoms with Gasteiger partial charge in [0.05, 0.1) is 11.1 Å². The molecule has 10 heteroatoms. The monoisotopic (exact) mass is 476 g/mol. The highest BCUT2D eigenvalue weighted by Crippen LogP contribution is 2.44. The fourth-order valence-corrected chi connectivity index (χ4v) is 5.86. The Morgan fingerprint density at radius 3 is 2.44 bits per heavy atom. The molecule has 1 unspecified atom stereocenters. The summed E-state index contributed by atoms with van der Waals surface area (Å²) in [6, 6.07) is 13.5. The zero-order valence-corrected chi connectivity index (χ0v) is 19.5. The molecule has 1 aromatic heterocycles. The number of carboxylic acid groups (broad SMARTS) is 1. The average Bonchev–Trinajstić information content (AvgIpc) is 3.26. The van der Waals surface area contributed by atoms with Crippen LogP contribution < -0.4 is 10.6 Å². The topological polar surface area (TPSA) is 147 Å². The van der Waals surface area contributed by atoms with Crippen LogP contribution in [0.4, 0.5) is 10.6 Å². The van der Waals surface area contributed by atoms with E-state index in [1.807, 2.05) is 30.0 Å². The molecule has 0 radical (unpaired) electrons. The van der Waals surface area contributed by atoms with Crippen LogP contribution in [0.5, 0.6) is 0 Å². The van der Waals surface area contributed by atoms with Gasteiger partial charge in [0.1, 0.15) is 28.2 Å². The number of aromatic nitrogens is 1. The summed E-state index contributed by atoms with van der Waals surface area (Å²) in [5, 5.41) is 28.7. The van der Waals surface area contributed by atoms with Gasteiger partial charge < -0.3 is 20.6 Å². The number of benzene rings is 1. The molecule has 1 atom stereocenters. The second kappa shape index (κ2) is 9.24. The maximum Gasteiger partial charge on any atom is 0.407 e. The van der Waals surface area contributed by atoms with Gasteiger partial charge in [0.2, 0.25) is 5.91 Å². The van der Waals surface area contributed by atoms with Crippen molar-refractivity contribution in [3.63, 3.8) is 0 Å².